The Bertz CT molecular complexity index is 141. The minimum atomic E-state index is -0.603. The van der Waals surface area contributed by atoms with Crippen LogP contribution in [0.4, 0.5) is 0 Å². The Hall–Kier alpha value is -0.870. The van der Waals surface area contributed by atoms with E-state index in [0.717, 1.165) is 6.08 Å². The summed E-state index contributed by atoms with van der Waals surface area (Å²) in [5, 5.41) is 8.59. The molecule has 1 unspecified atom stereocenters. The second-order valence-electron chi connectivity index (χ2n) is 3.02. The molecular weight excluding hydrogens is 170 g/mol. The first-order valence-electron chi connectivity index (χ1n) is 3.98. The smallest absolute Gasteiger partial charge is 0.330 e. The van der Waals surface area contributed by atoms with Crippen molar-refractivity contribution in [2.75, 3.05) is 27.7 Å². The molecule has 0 aromatic carbocycles. The largest absolute Gasteiger partial charge is 0.460 e. The van der Waals surface area contributed by atoms with Gasteiger partial charge in [0.2, 0.25) is 0 Å². The number of aliphatic hydroxyl groups excluding tert-OH is 1. The number of hydrogen-bond donors (Lipinski definition) is 1. The average Bonchev–Trinajstić information content (AvgIpc) is 1.99. The first kappa shape index (κ1) is 14.6. The lowest BCUT2D eigenvalue weighted by Gasteiger charge is -2.02. The van der Waals surface area contributed by atoms with Crippen LogP contribution in [0.15, 0.2) is 12.7 Å². The van der Waals surface area contributed by atoms with E-state index in [1.54, 1.807) is 0 Å². The molecule has 0 spiro atoms. The molecule has 4 nitrogen and oxygen atoms in total. The maximum atomic E-state index is 10.3. The first-order chi connectivity index (χ1) is 5.90. The molecule has 0 aliphatic rings. The molecule has 0 saturated heterocycles. The number of aliphatic hydroxyl groups is 1. The highest BCUT2D eigenvalue weighted by molar-refractivity contribution is 5.81. The van der Waals surface area contributed by atoms with Gasteiger partial charge in [-0.1, -0.05) is 6.58 Å². The Kier molecular flexibility index (Phi) is 10.4. The molecule has 4 heteroatoms. The molecule has 0 rings (SSSR count). The van der Waals surface area contributed by atoms with Gasteiger partial charge in [-0.2, -0.15) is 0 Å². The van der Waals surface area contributed by atoms with Gasteiger partial charge in [0.05, 0.1) is 6.10 Å². The number of ether oxygens (including phenoxy) is 1. The van der Waals surface area contributed by atoms with E-state index in [0.29, 0.717) is 0 Å². The fourth-order valence-electron chi connectivity index (χ4n) is 0.262. The van der Waals surface area contributed by atoms with E-state index in [4.69, 9.17) is 5.11 Å². The van der Waals surface area contributed by atoms with Crippen LogP contribution in [-0.4, -0.2) is 49.8 Å². The Morgan fingerprint density at radius 3 is 2.23 bits per heavy atom. The summed E-state index contributed by atoms with van der Waals surface area (Å²) in [6, 6.07) is 0. The van der Waals surface area contributed by atoms with Crippen molar-refractivity contribution in [3.05, 3.63) is 12.7 Å². The summed E-state index contributed by atoms with van der Waals surface area (Å²) in [5.41, 5.74) is 0. The van der Waals surface area contributed by atoms with Crippen LogP contribution in [0.2, 0.25) is 0 Å². The number of hydrogen-bond acceptors (Lipinski definition) is 4. The molecule has 0 fully saturated rings. The normalized spacial score (nSPS) is 11.2. The van der Waals surface area contributed by atoms with Crippen LogP contribution in [0.3, 0.4) is 0 Å². The Morgan fingerprint density at radius 2 is 2.00 bits per heavy atom. The Morgan fingerprint density at radius 1 is 1.62 bits per heavy atom. The highest BCUT2D eigenvalue weighted by Crippen LogP contribution is 1.83. The third kappa shape index (κ3) is 24.7. The van der Waals surface area contributed by atoms with Gasteiger partial charge in [-0.15, -0.1) is 0 Å². The fourth-order valence-corrected chi connectivity index (χ4v) is 0.262. The third-order valence-corrected chi connectivity index (χ3v) is 0.633. The zero-order valence-electron chi connectivity index (χ0n) is 8.78. The van der Waals surface area contributed by atoms with Gasteiger partial charge in [0, 0.05) is 6.08 Å². The zero-order chi connectivity index (χ0) is 10.9. The fraction of sp³-hybridized carbons (Fsp3) is 0.667. The molecule has 0 saturated carbocycles. The van der Waals surface area contributed by atoms with Crippen molar-refractivity contribution in [1.82, 2.24) is 4.90 Å². The van der Waals surface area contributed by atoms with Crippen molar-refractivity contribution in [1.29, 1.82) is 0 Å². The van der Waals surface area contributed by atoms with Crippen molar-refractivity contribution in [3.63, 3.8) is 0 Å². The lowest BCUT2D eigenvalue weighted by molar-refractivity contribution is -0.140. The van der Waals surface area contributed by atoms with Crippen LogP contribution in [-0.2, 0) is 9.53 Å². The number of nitrogens with zero attached hydrogens (tertiary/aromatic N) is 1. The van der Waals surface area contributed by atoms with E-state index in [9.17, 15) is 4.79 Å². The van der Waals surface area contributed by atoms with Gasteiger partial charge in [0.15, 0.2) is 0 Å². The molecular formula is C9H19NO3. The van der Waals surface area contributed by atoms with E-state index in [1.807, 2.05) is 26.0 Å². The summed E-state index contributed by atoms with van der Waals surface area (Å²) < 4.78 is 4.45. The molecule has 1 N–H and O–H groups in total. The number of esters is 1. The SMILES string of the molecule is C=CC(=O)OCC(C)O.CN(C)C. The highest BCUT2D eigenvalue weighted by Gasteiger charge is 1.98. The quantitative estimate of drug-likeness (QED) is 0.511. The predicted molar refractivity (Wildman–Crippen MR) is 52.4 cm³/mol. The van der Waals surface area contributed by atoms with Crippen molar-refractivity contribution < 1.29 is 14.6 Å². The van der Waals surface area contributed by atoms with E-state index < -0.39 is 12.1 Å². The first-order valence-corrected chi connectivity index (χ1v) is 3.98. The van der Waals surface area contributed by atoms with Gasteiger partial charge in [-0.3, -0.25) is 0 Å². The summed E-state index contributed by atoms with van der Waals surface area (Å²) in [7, 11) is 6.00. The molecule has 0 aromatic heterocycles. The summed E-state index contributed by atoms with van der Waals surface area (Å²) in [6.07, 6.45) is 0.455. The van der Waals surface area contributed by atoms with Crippen LogP contribution in [0.25, 0.3) is 0 Å². The summed E-state index contributed by atoms with van der Waals surface area (Å²) in [5.74, 6) is -0.504. The minimum Gasteiger partial charge on any atom is -0.460 e. The second kappa shape index (κ2) is 9.22. The van der Waals surface area contributed by atoms with Gasteiger partial charge < -0.3 is 14.7 Å². The standard InChI is InChI=1S/C6H10O3.C3H9N/c1-3-6(8)9-4-5(2)7;1-4(2)3/h3,5,7H,1,4H2,2H3;1-3H3. The second-order valence-corrected chi connectivity index (χ2v) is 3.02. The molecule has 0 bridgehead atoms. The van der Waals surface area contributed by atoms with Crippen LogP contribution in [0, 0.1) is 0 Å². The molecule has 0 amide bonds. The molecule has 0 aliphatic heterocycles. The van der Waals surface area contributed by atoms with Gasteiger partial charge in [0.25, 0.3) is 0 Å². The topological polar surface area (TPSA) is 49.8 Å². The predicted octanol–water partition coefficient (Wildman–Crippen LogP) is 0.274. The van der Waals surface area contributed by atoms with Gasteiger partial charge in [0.1, 0.15) is 6.61 Å². The van der Waals surface area contributed by atoms with Crippen LogP contribution in [0.1, 0.15) is 6.92 Å². The highest BCUT2D eigenvalue weighted by atomic mass is 16.5. The van der Waals surface area contributed by atoms with Crippen LogP contribution in [0.5, 0.6) is 0 Å². The number of carbonyl (C=O) groups excluding carboxylic acids is 1. The summed E-state index contributed by atoms with van der Waals surface area (Å²) in [6.45, 7) is 4.75. The lowest BCUT2D eigenvalue weighted by Crippen LogP contribution is -2.13. The average molecular weight is 189 g/mol. The minimum absolute atomic E-state index is 0.0326. The molecule has 0 radical (unpaired) electrons. The molecule has 0 heterocycles. The maximum Gasteiger partial charge on any atom is 0.330 e. The molecule has 78 valence electrons. The van der Waals surface area contributed by atoms with Gasteiger partial charge >= 0.3 is 5.97 Å². The van der Waals surface area contributed by atoms with E-state index >= 15 is 0 Å². The van der Waals surface area contributed by atoms with Crippen molar-refractivity contribution in [3.8, 4) is 0 Å². The van der Waals surface area contributed by atoms with E-state index in [-0.39, 0.29) is 6.61 Å². The monoisotopic (exact) mass is 189 g/mol. The Labute approximate surface area is 79.8 Å². The summed E-state index contributed by atoms with van der Waals surface area (Å²) >= 11 is 0. The Balaban J connectivity index is 0. The third-order valence-electron chi connectivity index (χ3n) is 0.633. The van der Waals surface area contributed by atoms with Crippen molar-refractivity contribution in [2.24, 2.45) is 0 Å². The van der Waals surface area contributed by atoms with Crippen molar-refractivity contribution >= 4 is 5.97 Å². The van der Waals surface area contributed by atoms with Gasteiger partial charge in [-0.05, 0) is 28.1 Å². The van der Waals surface area contributed by atoms with Crippen LogP contribution >= 0.6 is 0 Å². The summed E-state index contributed by atoms with van der Waals surface area (Å²) in [4.78, 5) is 12.3. The van der Waals surface area contributed by atoms with Crippen LogP contribution < -0.4 is 0 Å². The zero-order valence-corrected chi connectivity index (χ0v) is 8.78. The molecule has 0 aliphatic carbocycles. The molecule has 13 heavy (non-hydrogen) atoms. The number of carbonyl (C=O) groups is 1. The maximum absolute atomic E-state index is 10.3. The van der Waals surface area contributed by atoms with E-state index in [1.165, 1.54) is 6.92 Å². The van der Waals surface area contributed by atoms with E-state index in [2.05, 4.69) is 11.3 Å². The molecule has 0 aromatic rings. The van der Waals surface area contributed by atoms with Crippen molar-refractivity contribution in [2.45, 2.75) is 13.0 Å². The lowest BCUT2D eigenvalue weighted by atomic mass is 10.4. The van der Waals surface area contributed by atoms with Gasteiger partial charge in [-0.25, -0.2) is 4.79 Å². The number of rotatable bonds is 3. The molecule has 1 atom stereocenters.